The number of hydrogen-bond acceptors (Lipinski definition) is 5. The van der Waals surface area contributed by atoms with E-state index in [1.807, 2.05) is 11.8 Å². The minimum atomic E-state index is 0.395. The summed E-state index contributed by atoms with van der Waals surface area (Å²) in [7, 11) is 0. The number of thioether (sulfide) groups is 1. The first-order valence-electron chi connectivity index (χ1n) is 6.81. The Morgan fingerprint density at radius 1 is 1.44 bits per heavy atom. The van der Waals surface area contributed by atoms with Crippen molar-refractivity contribution in [2.45, 2.75) is 44.8 Å². The van der Waals surface area contributed by atoms with E-state index < -0.39 is 0 Å². The fourth-order valence-electron chi connectivity index (χ4n) is 2.51. The van der Waals surface area contributed by atoms with Gasteiger partial charge < -0.3 is 10.3 Å². The van der Waals surface area contributed by atoms with Gasteiger partial charge in [-0.25, -0.2) is 0 Å². The third kappa shape index (κ3) is 3.48. The molecule has 1 aliphatic carbocycles. The zero-order valence-electron chi connectivity index (χ0n) is 11.3. The average molecular weight is 269 g/mol. The molecular formula is C13H23N3OS. The SMILES string of the molecule is CC(C)CSCc1noc(C2CCCC2CN)n1. The lowest BCUT2D eigenvalue weighted by Gasteiger charge is -2.12. The van der Waals surface area contributed by atoms with E-state index in [2.05, 4.69) is 24.0 Å². The molecule has 1 aromatic heterocycles. The molecule has 0 aromatic carbocycles. The summed E-state index contributed by atoms with van der Waals surface area (Å²) in [6, 6.07) is 0. The van der Waals surface area contributed by atoms with Crippen molar-refractivity contribution in [3.8, 4) is 0 Å². The highest BCUT2D eigenvalue weighted by Crippen LogP contribution is 2.38. The van der Waals surface area contributed by atoms with Crippen LogP contribution in [0.15, 0.2) is 4.52 Å². The summed E-state index contributed by atoms with van der Waals surface area (Å²) in [5.74, 6) is 5.26. The molecule has 5 heteroatoms. The summed E-state index contributed by atoms with van der Waals surface area (Å²) in [6.07, 6.45) is 3.57. The molecule has 0 saturated heterocycles. The number of hydrogen-bond donors (Lipinski definition) is 1. The molecule has 2 unspecified atom stereocenters. The van der Waals surface area contributed by atoms with Crippen molar-refractivity contribution < 1.29 is 4.52 Å². The molecule has 4 nitrogen and oxygen atoms in total. The lowest BCUT2D eigenvalue weighted by Crippen LogP contribution is -2.17. The normalized spacial score (nSPS) is 24.0. The van der Waals surface area contributed by atoms with Crippen molar-refractivity contribution in [2.75, 3.05) is 12.3 Å². The first-order valence-corrected chi connectivity index (χ1v) is 7.96. The van der Waals surface area contributed by atoms with Crippen LogP contribution in [0.25, 0.3) is 0 Å². The minimum Gasteiger partial charge on any atom is -0.339 e. The van der Waals surface area contributed by atoms with Crippen LogP contribution in [-0.4, -0.2) is 22.4 Å². The Balaban J connectivity index is 1.89. The van der Waals surface area contributed by atoms with E-state index in [0.717, 1.165) is 36.2 Å². The number of aromatic nitrogens is 2. The second-order valence-corrected chi connectivity index (χ2v) is 6.52. The second-order valence-electron chi connectivity index (χ2n) is 5.49. The minimum absolute atomic E-state index is 0.395. The van der Waals surface area contributed by atoms with E-state index in [0.29, 0.717) is 17.8 Å². The van der Waals surface area contributed by atoms with Gasteiger partial charge in [0.1, 0.15) is 0 Å². The molecule has 0 bridgehead atoms. The summed E-state index contributed by atoms with van der Waals surface area (Å²) < 4.78 is 5.41. The van der Waals surface area contributed by atoms with Crippen LogP contribution >= 0.6 is 11.8 Å². The summed E-state index contributed by atoms with van der Waals surface area (Å²) in [6.45, 7) is 5.17. The van der Waals surface area contributed by atoms with E-state index in [1.54, 1.807) is 0 Å². The van der Waals surface area contributed by atoms with Crippen LogP contribution in [-0.2, 0) is 5.75 Å². The van der Waals surface area contributed by atoms with E-state index >= 15 is 0 Å². The number of nitrogens with two attached hydrogens (primary N) is 1. The first-order chi connectivity index (χ1) is 8.70. The maximum atomic E-state index is 5.79. The van der Waals surface area contributed by atoms with Gasteiger partial charge in [-0.2, -0.15) is 16.7 Å². The van der Waals surface area contributed by atoms with Crippen LogP contribution in [0.4, 0.5) is 0 Å². The van der Waals surface area contributed by atoms with Crippen molar-refractivity contribution in [3.05, 3.63) is 11.7 Å². The molecule has 1 aromatic rings. The maximum absolute atomic E-state index is 5.79. The summed E-state index contributed by atoms with van der Waals surface area (Å²) >= 11 is 1.87. The zero-order chi connectivity index (χ0) is 13.0. The van der Waals surface area contributed by atoms with Gasteiger partial charge in [0.2, 0.25) is 5.89 Å². The van der Waals surface area contributed by atoms with Crippen LogP contribution in [0.5, 0.6) is 0 Å². The van der Waals surface area contributed by atoms with Gasteiger partial charge in [0.15, 0.2) is 5.82 Å². The summed E-state index contributed by atoms with van der Waals surface area (Å²) in [5, 5.41) is 4.08. The highest BCUT2D eigenvalue weighted by atomic mass is 32.2. The monoisotopic (exact) mass is 269 g/mol. The van der Waals surface area contributed by atoms with E-state index in [9.17, 15) is 0 Å². The number of nitrogens with zero attached hydrogens (tertiary/aromatic N) is 2. The maximum Gasteiger partial charge on any atom is 0.230 e. The Labute approximate surface area is 113 Å². The zero-order valence-corrected chi connectivity index (χ0v) is 12.1. The predicted molar refractivity (Wildman–Crippen MR) is 74.4 cm³/mol. The Kier molecular flexibility index (Phi) is 5.06. The molecule has 1 heterocycles. The van der Waals surface area contributed by atoms with Crippen LogP contribution in [0, 0.1) is 11.8 Å². The molecule has 2 rings (SSSR count). The third-order valence-corrected chi connectivity index (χ3v) is 4.81. The highest BCUT2D eigenvalue weighted by molar-refractivity contribution is 7.98. The quantitative estimate of drug-likeness (QED) is 0.860. The van der Waals surface area contributed by atoms with Crippen molar-refractivity contribution in [1.29, 1.82) is 0 Å². The van der Waals surface area contributed by atoms with Crippen molar-refractivity contribution in [2.24, 2.45) is 17.6 Å². The van der Waals surface area contributed by atoms with E-state index in [1.165, 1.54) is 12.8 Å². The van der Waals surface area contributed by atoms with Crippen LogP contribution in [0.1, 0.15) is 50.7 Å². The largest absolute Gasteiger partial charge is 0.339 e. The van der Waals surface area contributed by atoms with Gasteiger partial charge in [0.25, 0.3) is 0 Å². The molecule has 0 amide bonds. The Morgan fingerprint density at radius 2 is 2.28 bits per heavy atom. The lowest BCUT2D eigenvalue weighted by atomic mass is 9.96. The fraction of sp³-hybridized carbons (Fsp3) is 0.846. The lowest BCUT2D eigenvalue weighted by molar-refractivity contribution is 0.324. The standard InChI is InChI=1S/C13H23N3OS/c1-9(2)7-18-8-12-15-13(17-16-12)11-5-3-4-10(11)6-14/h9-11H,3-8,14H2,1-2H3. The smallest absolute Gasteiger partial charge is 0.230 e. The van der Waals surface area contributed by atoms with Gasteiger partial charge >= 0.3 is 0 Å². The van der Waals surface area contributed by atoms with Gasteiger partial charge in [0.05, 0.1) is 5.75 Å². The van der Waals surface area contributed by atoms with Crippen molar-refractivity contribution in [1.82, 2.24) is 10.1 Å². The third-order valence-electron chi connectivity index (χ3n) is 3.45. The molecule has 18 heavy (non-hydrogen) atoms. The molecule has 2 N–H and O–H groups in total. The van der Waals surface area contributed by atoms with Crippen LogP contribution in [0.2, 0.25) is 0 Å². The Bertz CT molecular complexity index is 367. The molecule has 0 spiro atoms. The van der Waals surface area contributed by atoms with Crippen LogP contribution < -0.4 is 5.73 Å². The van der Waals surface area contributed by atoms with Crippen LogP contribution in [0.3, 0.4) is 0 Å². The first kappa shape index (κ1) is 13.9. The molecule has 1 fully saturated rings. The number of rotatable bonds is 6. The molecule has 0 aliphatic heterocycles. The van der Waals surface area contributed by atoms with Gasteiger partial charge in [-0.05, 0) is 37.0 Å². The Morgan fingerprint density at radius 3 is 3.00 bits per heavy atom. The molecule has 1 aliphatic rings. The fourth-order valence-corrected chi connectivity index (χ4v) is 3.40. The van der Waals surface area contributed by atoms with Crippen molar-refractivity contribution in [3.63, 3.8) is 0 Å². The van der Waals surface area contributed by atoms with Gasteiger partial charge in [-0.3, -0.25) is 0 Å². The second kappa shape index (κ2) is 6.57. The molecule has 0 radical (unpaired) electrons. The summed E-state index contributed by atoms with van der Waals surface area (Å²) in [5.41, 5.74) is 5.79. The molecular weight excluding hydrogens is 246 g/mol. The topological polar surface area (TPSA) is 64.9 Å². The molecule has 102 valence electrons. The van der Waals surface area contributed by atoms with E-state index in [-0.39, 0.29) is 0 Å². The van der Waals surface area contributed by atoms with Crippen molar-refractivity contribution >= 4 is 11.8 Å². The van der Waals surface area contributed by atoms with Gasteiger partial charge in [-0.15, -0.1) is 0 Å². The van der Waals surface area contributed by atoms with Gasteiger partial charge in [-0.1, -0.05) is 25.4 Å². The summed E-state index contributed by atoms with van der Waals surface area (Å²) in [4.78, 5) is 4.53. The van der Waals surface area contributed by atoms with Gasteiger partial charge in [0, 0.05) is 5.92 Å². The molecule has 1 saturated carbocycles. The highest BCUT2D eigenvalue weighted by Gasteiger charge is 2.31. The molecule has 2 atom stereocenters. The average Bonchev–Trinajstić information content (AvgIpc) is 2.95. The van der Waals surface area contributed by atoms with E-state index in [4.69, 9.17) is 10.3 Å². The Hall–Kier alpha value is -0.550. The predicted octanol–water partition coefficient (Wildman–Crippen LogP) is 2.80.